The molecule has 0 unspecified atom stereocenters. The number of nitrogens with one attached hydrogen (secondary N) is 8. The first-order valence-corrected chi connectivity index (χ1v) is 13.5. The van der Waals surface area contributed by atoms with Gasteiger partial charge in [-0.05, 0) is 25.1 Å². The molecule has 0 atom stereocenters. The third-order valence-electron chi connectivity index (χ3n) is 6.42. The Bertz CT molecular complexity index is 552. The number of thiocarbonyl (C=S) groups is 1. The molecule has 3 aliphatic heterocycles. The smallest absolute Gasteiger partial charge is 0.166 e. The minimum atomic E-state index is -0.306. The number of hydrogen-bond acceptors (Lipinski definition) is 8. The fraction of sp³-hybridized carbons (Fsp3) is 0.875. The fourth-order valence-corrected chi connectivity index (χ4v) is 4.72. The molecule has 0 aliphatic carbocycles. The van der Waals surface area contributed by atoms with Crippen LogP contribution in [0.5, 0.6) is 0 Å². The zero-order chi connectivity index (χ0) is 24.4. The molecule has 0 aromatic carbocycles. The normalized spacial score (nSPS) is 27.8. The van der Waals surface area contributed by atoms with Crippen molar-refractivity contribution in [1.29, 1.82) is 0 Å². The van der Waals surface area contributed by atoms with Gasteiger partial charge in [0, 0.05) is 91.5 Å². The minimum absolute atomic E-state index is 0.231. The summed E-state index contributed by atoms with van der Waals surface area (Å²) < 4.78 is 0. The van der Waals surface area contributed by atoms with Crippen molar-refractivity contribution in [2.45, 2.75) is 49.6 Å². The topological polar surface area (TPSA) is 122 Å². The van der Waals surface area contributed by atoms with Gasteiger partial charge in [0.1, 0.15) is 0 Å². The van der Waals surface area contributed by atoms with Crippen LogP contribution in [0.4, 0.5) is 0 Å². The lowest BCUT2D eigenvalue weighted by Gasteiger charge is -2.38. The van der Waals surface area contributed by atoms with E-state index in [1.807, 2.05) is 0 Å². The second-order valence-corrected chi connectivity index (χ2v) is 10.2. The van der Waals surface area contributed by atoms with Gasteiger partial charge in [0.25, 0.3) is 0 Å². The molecular formula is C24H49N9S. The second kappa shape index (κ2) is 17.4. The first-order valence-electron chi connectivity index (χ1n) is 13.1. The van der Waals surface area contributed by atoms with Gasteiger partial charge in [-0.3, -0.25) is 0 Å². The zero-order valence-corrected chi connectivity index (χ0v) is 21.8. The number of rotatable bonds is 8. The monoisotopic (exact) mass is 495 g/mol. The summed E-state index contributed by atoms with van der Waals surface area (Å²) in [5.41, 5.74) is 6.14. The summed E-state index contributed by atoms with van der Waals surface area (Å²) in [6, 6.07) is 0. The highest BCUT2D eigenvalue weighted by atomic mass is 32.1. The Morgan fingerprint density at radius 3 is 1.68 bits per heavy atom. The lowest BCUT2D eigenvalue weighted by Crippen LogP contribution is -2.68. The van der Waals surface area contributed by atoms with E-state index in [2.05, 4.69) is 48.5 Å². The molecule has 0 saturated carbocycles. The highest BCUT2D eigenvalue weighted by molar-refractivity contribution is 7.80. The molecule has 10 N–H and O–H groups in total. The number of unbranched alkanes of at least 4 members (excludes halogenated alkanes) is 5. The second-order valence-electron chi connectivity index (χ2n) is 9.81. The van der Waals surface area contributed by atoms with Crippen LogP contribution in [0.15, 0.2) is 0 Å². The van der Waals surface area contributed by atoms with Gasteiger partial charge in [0.2, 0.25) is 0 Å². The summed E-state index contributed by atoms with van der Waals surface area (Å²) in [5.74, 6) is 2.71. The molecule has 0 aromatic heterocycles. The van der Waals surface area contributed by atoms with Crippen LogP contribution in [-0.4, -0.2) is 101 Å². The summed E-state index contributed by atoms with van der Waals surface area (Å²) >= 11 is 5.71. The van der Waals surface area contributed by atoms with E-state index in [-0.39, 0.29) is 11.1 Å². The summed E-state index contributed by atoms with van der Waals surface area (Å²) in [6.45, 7) is 10.9. The predicted molar refractivity (Wildman–Crippen MR) is 147 cm³/mol. The predicted octanol–water partition coefficient (Wildman–Crippen LogP) is -1.57. The van der Waals surface area contributed by atoms with Gasteiger partial charge in [0.05, 0.1) is 11.1 Å². The van der Waals surface area contributed by atoms with Crippen LogP contribution in [0.3, 0.4) is 0 Å². The van der Waals surface area contributed by atoms with Crippen LogP contribution >= 0.6 is 12.2 Å². The van der Waals surface area contributed by atoms with Gasteiger partial charge in [-0.25, -0.2) is 0 Å². The van der Waals surface area contributed by atoms with Crippen LogP contribution < -0.4 is 48.3 Å². The largest absolute Gasteiger partial charge is 0.363 e. The van der Waals surface area contributed by atoms with Crippen molar-refractivity contribution in [3.05, 3.63) is 0 Å². The molecule has 196 valence electrons. The first-order chi connectivity index (χ1) is 16.6. The van der Waals surface area contributed by atoms with Crippen molar-refractivity contribution in [1.82, 2.24) is 42.5 Å². The lowest BCUT2D eigenvalue weighted by molar-refractivity contribution is 0.298. The molecule has 9 nitrogen and oxygen atoms in total. The van der Waals surface area contributed by atoms with Crippen LogP contribution in [-0.2, 0) is 0 Å². The molecule has 2 bridgehead atoms. The standard InChI is InChI=1S/C24H49N9S/c1-2-3-4-5-6-7-8-9-32-22(34)33-24-19-29-13-10-26-16-23(25,17-27-11-14-30-20-24)18-28-12-15-31-21-24/h1,26-31H,3-21,25H2,(H2,32,33,34). The maximum absolute atomic E-state index is 6.68. The Morgan fingerprint density at radius 1 is 0.735 bits per heavy atom. The van der Waals surface area contributed by atoms with Crippen molar-refractivity contribution < 1.29 is 0 Å². The molecule has 0 radical (unpaired) electrons. The van der Waals surface area contributed by atoms with E-state index in [9.17, 15) is 0 Å². The van der Waals surface area contributed by atoms with Crippen molar-refractivity contribution >= 4 is 17.3 Å². The summed E-state index contributed by atoms with van der Waals surface area (Å²) in [7, 11) is 0. The van der Waals surface area contributed by atoms with Gasteiger partial charge in [-0.2, -0.15) is 0 Å². The molecule has 0 spiro atoms. The van der Waals surface area contributed by atoms with Gasteiger partial charge in [-0.1, -0.05) is 19.3 Å². The summed E-state index contributed by atoms with van der Waals surface area (Å²) in [4.78, 5) is 0. The molecule has 3 rings (SSSR count). The van der Waals surface area contributed by atoms with Crippen molar-refractivity contribution in [2.24, 2.45) is 5.73 Å². The molecular weight excluding hydrogens is 446 g/mol. The molecule has 0 amide bonds. The Labute approximate surface area is 212 Å². The molecule has 34 heavy (non-hydrogen) atoms. The summed E-state index contributed by atoms with van der Waals surface area (Å²) in [6.07, 6.45) is 12.1. The zero-order valence-electron chi connectivity index (χ0n) is 21.0. The maximum Gasteiger partial charge on any atom is 0.166 e. The highest BCUT2D eigenvalue weighted by Gasteiger charge is 2.31. The Hall–Kier alpha value is -1.03. The number of fused-ring (bicyclic) bond motifs is 15. The molecule has 10 heteroatoms. The van der Waals surface area contributed by atoms with E-state index in [1.165, 1.54) is 19.3 Å². The molecule has 3 fully saturated rings. The molecule has 3 saturated heterocycles. The maximum atomic E-state index is 6.68. The Balaban J connectivity index is 1.90. The van der Waals surface area contributed by atoms with E-state index >= 15 is 0 Å². The van der Waals surface area contributed by atoms with Crippen molar-refractivity contribution in [3.8, 4) is 12.3 Å². The Morgan fingerprint density at radius 2 is 1.18 bits per heavy atom. The SMILES string of the molecule is C#CCCCCCCCNC(=S)NC12CNCCNCC(N)(CNCCNC1)CNCCNC2. The van der Waals surface area contributed by atoms with Crippen molar-refractivity contribution in [3.63, 3.8) is 0 Å². The van der Waals surface area contributed by atoms with Crippen LogP contribution in [0.2, 0.25) is 0 Å². The number of hydrogen-bond donors (Lipinski definition) is 9. The van der Waals surface area contributed by atoms with E-state index in [4.69, 9.17) is 24.4 Å². The molecule has 0 aromatic rings. The lowest BCUT2D eigenvalue weighted by atomic mass is 9.98. The fourth-order valence-electron chi connectivity index (χ4n) is 4.40. The first kappa shape index (κ1) is 29.2. The van der Waals surface area contributed by atoms with Crippen molar-refractivity contribution in [2.75, 3.05) is 85.1 Å². The molecule has 3 heterocycles. The number of nitrogens with two attached hydrogens (primary N) is 1. The van der Waals surface area contributed by atoms with Gasteiger partial charge in [0.15, 0.2) is 5.11 Å². The molecule has 3 aliphatic rings. The Kier molecular flexibility index (Phi) is 15.0. The third kappa shape index (κ3) is 12.6. The van der Waals surface area contributed by atoms with E-state index < -0.39 is 0 Å². The average Bonchev–Trinajstić information content (AvgIpc) is 2.82. The van der Waals surface area contributed by atoms with Crippen LogP contribution in [0, 0.1) is 12.3 Å². The van der Waals surface area contributed by atoms with E-state index in [0.717, 1.165) is 109 Å². The van der Waals surface area contributed by atoms with Gasteiger partial charge < -0.3 is 48.3 Å². The van der Waals surface area contributed by atoms with E-state index in [1.54, 1.807) is 0 Å². The van der Waals surface area contributed by atoms with Gasteiger partial charge in [-0.15, -0.1) is 12.3 Å². The highest BCUT2D eigenvalue weighted by Crippen LogP contribution is 2.05. The van der Waals surface area contributed by atoms with Crippen LogP contribution in [0.1, 0.15) is 38.5 Å². The summed E-state index contributed by atoms with van der Waals surface area (Å²) in [5, 5.41) is 29.3. The third-order valence-corrected chi connectivity index (χ3v) is 6.67. The van der Waals surface area contributed by atoms with Crippen LogP contribution in [0.25, 0.3) is 0 Å². The quantitative estimate of drug-likeness (QED) is 0.111. The minimum Gasteiger partial charge on any atom is -0.363 e. The van der Waals surface area contributed by atoms with E-state index in [0.29, 0.717) is 0 Å². The van der Waals surface area contributed by atoms with Gasteiger partial charge >= 0.3 is 0 Å². The average molecular weight is 496 g/mol. The number of terminal acetylenes is 1.